The quantitative estimate of drug-likeness (QED) is 0.772. The molecule has 0 saturated carbocycles. The molecule has 2 nitrogen and oxygen atoms in total. The lowest BCUT2D eigenvalue weighted by molar-refractivity contribution is 0.185. The molecule has 0 fully saturated rings. The number of methoxy groups -OCH3 is 1. The van der Waals surface area contributed by atoms with Crippen LogP contribution in [0.25, 0.3) is 0 Å². The number of hydrogen-bond acceptors (Lipinski definition) is 3. The van der Waals surface area contributed by atoms with Crippen molar-refractivity contribution in [1.29, 1.82) is 0 Å². The SMILES string of the molecule is COCc1ccccc1NCc1cc(Br)c(Br)s1. The van der Waals surface area contributed by atoms with Crippen molar-refractivity contribution in [3.05, 3.63) is 49.0 Å². The van der Waals surface area contributed by atoms with Crippen molar-refractivity contribution < 1.29 is 4.74 Å². The molecule has 96 valence electrons. The van der Waals surface area contributed by atoms with Gasteiger partial charge in [0.15, 0.2) is 0 Å². The van der Waals surface area contributed by atoms with Crippen molar-refractivity contribution in [2.24, 2.45) is 0 Å². The topological polar surface area (TPSA) is 21.3 Å². The molecule has 5 heteroatoms. The molecule has 0 atom stereocenters. The van der Waals surface area contributed by atoms with E-state index < -0.39 is 0 Å². The van der Waals surface area contributed by atoms with Crippen LogP contribution in [-0.4, -0.2) is 7.11 Å². The van der Waals surface area contributed by atoms with Crippen LogP contribution in [0.2, 0.25) is 0 Å². The third-order valence-corrected chi connectivity index (χ3v) is 5.72. The van der Waals surface area contributed by atoms with E-state index in [0.717, 1.165) is 20.5 Å². The first-order valence-electron chi connectivity index (χ1n) is 5.45. The van der Waals surface area contributed by atoms with E-state index in [4.69, 9.17) is 4.74 Å². The lowest BCUT2D eigenvalue weighted by Crippen LogP contribution is -2.01. The highest BCUT2D eigenvalue weighted by Crippen LogP contribution is 2.32. The van der Waals surface area contributed by atoms with Gasteiger partial charge in [-0.05, 0) is 44.0 Å². The number of nitrogens with one attached hydrogen (secondary N) is 1. The highest BCUT2D eigenvalue weighted by Gasteiger charge is 2.05. The maximum Gasteiger partial charge on any atom is 0.0843 e. The van der Waals surface area contributed by atoms with Crippen LogP contribution in [0.1, 0.15) is 10.4 Å². The summed E-state index contributed by atoms with van der Waals surface area (Å²) in [5.74, 6) is 0. The standard InChI is InChI=1S/C13H13Br2NOS/c1-17-8-9-4-2-3-5-12(9)16-7-10-6-11(14)13(15)18-10/h2-6,16H,7-8H2,1H3. The molecule has 2 rings (SSSR count). The van der Waals surface area contributed by atoms with E-state index in [2.05, 4.69) is 55.4 Å². The highest BCUT2D eigenvalue weighted by atomic mass is 79.9. The minimum absolute atomic E-state index is 0.626. The third-order valence-electron chi connectivity index (χ3n) is 2.47. The van der Waals surface area contributed by atoms with Crippen LogP contribution in [0.4, 0.5) is 5.69 Å². The van der Waals surface area contributed by atoms with Crippen molar-refractivity contribution in [3.8, 4) is 0 Å². The zero-order chi connectivity index (χ0) is 13.0. The number of anilines is 1. The second-order valence-electron chi connectivity index (χ2n) is 3.78. The number of hydrogen-bond donors (Lipinski definition) is 1. The Morgan fingerprint density at radius 2 is 2.06 bits per heavy atom. The summed E-state index contributed by atoms with van der Waals surface area (Å²) in [5.41, 5.74) is 2.30. The zero-order valence-corrected chi connectivity index (χ0v) is 13.9. The minimum atomic E-state index is 0.626. The fourth-order valence-corrected chi connectivity index (χ4v) is 3.75. The summed E-state index contributed by atoms with van der Waals surface area (Å²) in [6.07, 6.45) is 0. The van der Waals surface area contributed by atoms with Crippen LogP contribution in [0, 0.1) is 0 Å². The normalized spacial score (nSPS) is 10.6. The molecule has 0 aliphatic heterocycles. The molecule has 1 heterocycles. The van der Waals surface area contributed by atoms with Crippen molar-refractivity contribution in [3.63, 3.8) is 0 Å². The van der Waals surface area contributed by atoms with E-state index in [1.54, 1.807) is 18.4 Å². The fourth-order valence-electron chi connectivity index (χ4n) is 1.63. The Morgan fingerprint density at radius 3 is 2.72 bits per heavy atom. The Morgan fingerprint density at radius 1 is 1.28 bits per heavy atom. The average molecular weight is 391 g/mol. The smallest absolute Gasteiger partial charge is 0.0843 e. The van der Waals surface area contributed by atoms with Crippen LogP contribution >= 0.6 is 43.2 Å². The number of rotatable bonds is 5. The summed E-state index contributed by atoms with van der Waals surface area (Å²) in [4.78, 5) is 1.28. The Kier molecular flexibility index (Phi) is 5.24. The molecule has 0 amide bonds. The van der Waals surface area contributed by atoms with E-state index in [0.29, 0.717) is 6.61 Å². The molecule has 0 aliphatic carbocycles. The van der Waals surface area contributed by atoms with E-state index in [9.17, 15) is 0 Å². The molecular formula is C13H13Br2NOS. The molecule has 0 radical (unpaired) electrons. The first-order chi connectivity index (χ1) is 8.70. The first-order valence-corrected chi connectivity index (χ1v) is 7.85. The Hall–Kier alpha value is -0.360. The third kappa shape index (κ3) is 3.57. The summed E-state index contributed by atoms with van der Waals surface area (Å²) < 4.78 is 7.43. The predicted molar refractivity (Wildman–Crippen MR) is 84.2 cm³/mol. The van der Waals surface area contributed by atoms with E-state index in [1.165, 1.54) is 10.4 Å². The number of thiophene rings is 1. The van der Waals surface area contributed by atoms with Crippen LogP contribution < -0.4 is 5.32 Å². The van der Waals surface area contributed by atoms with Gasteiger partial charge in [0.2, 0.25) is 0 Å². The molecule has 1 aromatic heterocycles. The minimum Gasteiger partial charge on any atom is -0.380 e. The lowest BCUT2D eigenvalue weighted by Gasteiger charge is -2.10. The summed E-state index contributed by atoms with van der Waals surface area (Å²) in [6.45, 7) is 1.44. The average Bonchev–Trinajstić information content (AvgIpc) is 2.68. The first kappa shape index (κ1) is 14.1. The van der Waals surface area contributed by atoms with Gasteiger partial charge in [0.1, 0.15) is 0 Å². The van der Waals surface area contributed by atoms with Gasteiger partial charge in [0.25, 0.3) is 0 Å². The van der Waals surface area contributed by atoms with Gasteiger partial charge < -0.3 is 10.1 Å². The Balaban J connectivity index is 2.05. The fraction of sp³-hybridized carbons (Fsp3) is 0.231. The van der Waals surface area contributed by atoms with Gasteiger partial charge in [-0.2, -0.15) is 0 Å². The molecule has 0 bridgehead atoms. The van der Waals surface area contributed by atoms with Crippen molar-refractivity contribution >= 4 is 48.9 Å². The van der Waals surface area contributed by atoms with Crippen LogP contribution in [0.15, 0.2) is 38.6 Å². The van der Waals surface area contributed by atoms with Gasteiger partial charge >= 0.3 is 0 Å². The lowest BCUT2D eigenvalue weighted by atomic mass is 10.2. The number of halogens is 2. The van der Waals surface area contributed by atoms with Gasteiger partial charge in [-0.1, -0.05) is 18.2 Å². The van der Waals surface area contributed by atoms with Gasteiger partial charge in [0, 0.05) is 34.3 Å². The molecule has 1 N–H and O–H groups in total. The molecule has 18 heavy (non-hydrogen) atoms. The van der Waals surface area contributed by atoms with Gasteiger partial charge in [-0.25, -0.2) is 0 Å². The second kappa shape index (κ2) is 6.70. The Bertz CT molecular complexity index is 508. The molecule has 1 aromatic carbocycles. The number of benzene rings is 1. The van der Waals surface area contributed by atoms with E-state index in [1.807, 2.05) is 12.1 Å². The van der Waals surface area contributed by atoms with Crippen LogP contribution in [0.5, 0.6) is 0 Å². The second-order valence-corrected chi connectivity index (χ2v) is 7.09. The summed E-state index contributed by atoms with van der Waals surface area (Å²) in [6, 6.07) is 10.3. The van der Waals surface area contributed by atoms with E-state index >= 15 is 0 Å². The van der Waals surface area contributed by atoms with Gasteiger partial charge in [-0.3, -0.25) is 0 Å². The molecule has 0 spiro atoms. The monoisotopic (exact) mass is 389 g/mol. The molecule has 0 unspecified atom stereocenters. The van der Waals surface area contributed by atoms with Crippen molar-refractivity contribution in [2.75, 3.05) is 12.4 Å². The molecular weight excluding hydrogens is 378 g/mol. The molecule has 0 aliphatic rings. The number of ether oxygens (including phenoxy) is 1. The van der Waals surface area contributed by atoms with Crippen LogP contribution in [0.3, 0.4) is 0 Å². The highest BCUT2D eigenvalue weighted by molar-refractivity contribution is 9.13. The summed E-state index contributed by atoms with van der Waals surface area (Å²) in [7, 11) is 1.71. The Labute approximate surface area is 128 Å². The van der Waals surface area contributed by atoms with Gasteiger partial charge in [-0.15, -0.1) is 11.3 Å². The number of para-hydroxylation sites is 1. The molecule has 0 saturated heterocycles. The predicted octanol–water partition coefficient (Wildman–Crippen LogP) is 5.03. The van der Waals surface area contributed by atoms with Crippen molar-refractivity contribution in [1.82, 2.24) is 0 Å². The largest absolute Gasteiger partial charge is 0.380 e. The molecule has 2 aromatic rings. The van der Waals surface area contributed by atoms with Crippen LogP contribution in [-0.2, 0) is 17.9 Å². The maximum absolute atomic E-state index is 5.19. The van der Waals surface area contributed by atoms with Gasteiger partial charge in [0.05, 0.1) is 10.4 Å². The van der Waals surface area contributed by atoms with E-state index in [-0.39, 0.29) is 0 Å². The summed E-state index contributed by atoms with van der Waals surface area (Å²) >= 11 is 8.73. The van der Waals surface area contributed by atoms with Crippen molar-refractivity contribution in [2.45, 2.75) is 13.2 Å². The maximum atomic E-state index is 5.19. The summed E-state index contributed by atoms with van der Waals surface area (Å²) in [5, 5.41) is 3.44. The zero-order valence-electron chi connectivity index (χ0n) is 9.87.